The Morgan fingerprint density at radius 3 is 2.56 bits per heavy atom. The van der Waals surface area contributed by atoms with E-state index < -0.39 is 5.60 Å². The van der Waals surface area contributed by atoms with Gasteiger partial charge in [0.05, 0.1) is 5.60 Å². The Morgan fingerprint density at radius 1 is 1.39 bits per heavy atom. The molecule has 1 fully saturated rings. The van der Waals surface area contributed by atoms with Gasteiger partial charge in [-0.1, -0.05) is 12.8 Å². The van der Waals surface area contributed by atoms with Crippen LogP contribution in [0.4, 0.5) is 4.79 Å². The van der Waals surface area contributed by atoms with Gasteiger partial charge in [-0.25, -0.2) is 4.79 Å². The molecule has 5 heteroatoms. The highest BCUT2D eigenvalue weighted by molar-refractivity contribution is 5.74. The third-order valence-electron chi connectivity index (χ3n) is 3.50. The van der Waals surface area contributed by atoms with Crippen LogP contribution in [0.2, 0.25) is 0 Å². The van der Waals surface area contributed by atoms with Gasteiger partial charge in [0, 0.05) is 12.6 Å². The minimum Gasteiger partial charge on any atom is -0.388 e. The maximum Gasteiger partial charge on any atom is 0.315 e. The molecule has 0 radical (unpaired) electrons. The maximum absolute atomic E-state index is 11.7. The molecular weight excluding hydrogens is 230 g/mol. The van der Waals surface area contributed by atoms with Crippen molar-refractivity contribution in [2.24, 2.45) is 0 Å². The molecule has 2 amide bonds. The molecule has 1 atom stereocenters. The van der Waals surface area contributed by atoms with E-state index in [1.807, 2.05) is 21.0 Å². The molecule has 1 saturated carbocycles. The van der Waals surface area contributed by atoms with Gasteiger partial charge in [0.2, 0.25) is 0 Å². The van der Waals surface area contributed by atoms with Crippen LogP contribution in [0.3, 0.4) is 0 Å². The lowest BCUT2D eigenvalue weighted by Gasteiger charge is -2.23. The van der Waals surface area contributed by atoms with Crippen LogP contribution in [0.15, 0.2) is 0 Å². The number of rotatable bonds is 6. The van der Waals surface area contributed by atoms with Gasteiger partial charge in [0.15, 0.2) is 0 Å². The number of nitrogens with one attached hydrogen (secondary N) is 2. The number of amides is 2. The molecule has 0 spiro atoms. The molecule has 1 rings (SSSR count). The lowest BCUT2D eigenvalue weighted by atomic mass is 10.0. The van der Waals surface area contributed by atoms with Gasteiger partial charge in [-0.05, 0) is 46.8 Å². The summed E-state index contributed by atoms with van der Waals surface area (Å²) in [5.41, 5.74) is -0.676. The predicted molar refractivity (Wildman–Crippen MR) is 72.6 cm³/mol. The summed E-state index contributed by atoms with van der Waals surface area (Å²) in [6, 6.07) is -0.0350. The van der Waals surface area contributed by atoms with E-state index in [1.54, 1.807) is 0 Å². The Hall–Kier alpha value is -0.810. The first-order chi connectivity index (χ1) is 8.41. The van der Waals surface area contributed by atoms with Crippen LogP contribution in [0.25, 0.3) is 0 Å². The average molecular weight is 257 g/mol. The van der Waals surface area contributed by atoms with Crippen molar-refractivity contribution in [3.8, 4) is 0 Å². The lowest BCUT2D eigenvalue weighted by Crippen LogP contribution is -2.47. The quantitative estimate of drug-likeness (QED) is 0.663. The van der Waals surface area contributed by atoms with Crippen LogP contribution < -0.4 is 10.6 Å². The van der Waals surface area contributed by atoms with Crippen molar-refractivity contribution >= 4 is 6.03 Å². The molecule has 1 aliphatic carbocycles. The molecule has 1 unspecified atom stereocenters. The van der Waals surface area contributed by atoms with Crippen molar-refractivity contribution in [3.63, 3.8) is 0 Å². The van der Waals surface area contributed by atoms with Crippen LogP contribution in [0.1, 0.15) is 39.0 Å². The number of carbonyl (C=O) groups excluding carboxylic acids is 1. The summed E-state index contributed by atoms with van der Waals surface area (Å²) in [5.74, 6) is 0. The Kier molecular flexibility index (Phi) is 5.88. The van der Waals surface area contributed by atoms with Crippen molar-refractivity contribution in [2.75, 3.05) is 27.2 Å². The summed E-state index contributed by atoms with van der Waals surface area (Å²) >= 11 is 0. The first kappa shape index (κ1) is 15.2. The predicted octanol–water partition coefficient (Wildman–Crippen LogP) is 0.931. The van der Waals surface area contributed by atoms with Crippen LogP contribution in [0.5, 0.6) is 0 Å². The van der Waals surface area contributed by atoms with Crippen molar-refractivity contribution in [1.82, 2.24) is 15.5 Å². The van der Waals surface area contributed by atoms with Gasteiger partial charge in [-0.15, -0.1) is 0 Å². The summed E-state index contributed by atoms with van der Waals surface area (Å²) in [6.07, 6.45) is 4.62. The molecular formula is C13H27N3O2. The van der Waals surface area contributed by atoms with Gasteiger partial charge in [0.25, 0.3) is 0 Å². The van der Waals surface area contributed by atoms with Gasteiger partial charge in [-0.2, -0.15) is 0 Å². The maximum atomic E-state index is 11.7. The second kappa shape index (κ2) is 6.95. The van der Waals surface area contributed by atoms with E-state index in [0.717, 1.165) is 38.6 Å². The molecule has 0 aromatic carbocycles. The van der Waals surface area contributed by atoms with E-state index in [4.69, 9.17) is 0 Å². The fraction of sp³-hybridized carbons (Fsp3) is 0.923. The molecule has 0 aromatic rings. The largest absolute Gasteiger partial charge is 0.388 e. The normalized spacial score (nSPS) is 19.8. The van der Waals surface area contributed by atoms with Crippen molar-refractivity contribution in [2.45, 2.75) is 50.7 Å². The van der Waals surface area contributed by atoms with E-state index in [9.17, 15) is 9.90 Å². The number of hydrogen-bond donors (Lipinski definition) is 3. The van der Waals surface area contributed by atoms with Gasteiger partial charge in [-0.3, -0.25) is 0 Å². The molecule has 5 nitrogen and oxygen atoms in total. The Morgan fingerprint density at radius 2 is 2.00 bits per heavy atom. The number of urea groups is 1. The minimum atomic E-state index is -0.676. The van der Waals surface area contributed by atoms with Crippen molar-refractivity contribution < 1.29 is 9.90 Å². The summed E-state index contributed by atoms with van der Waals surface area (Å²) in [7, 11) is 4.03. The fourth-order valence-corrected chi connectivity index (χ4v) is 2.25. The Labute approximate surface area is 110 Å². The first-order valence-electron chi connectivity index (χ1n) is 6.83. The molecule has 3 N–H and O–H groups in total. The lowest BCUT2D eigenvalue weighted by molar-refractivity contribution is 0.0500. The number of aliphatic hydroxyl groups is 1. The van der Waals surface area contributed by atoms with Gasteiger partial charge in [0.1, 0.15) is 0 Å². The Balaban J connectivity index is 2.16. The summed E-state index contributed by atoms with van der Waals surface area (Å²) in [4.78, 5) is 13.7. The van der Waals surface area contributed by atoms with E-state index in [-0.39, 0.29) is 12.1 Å². The average Bonchev–Trinajstić information content (AvgIpc) is 2.72. The van der Waals surface area contributed by atoms with Crippen LogP contribution in [0, 0.1) is 0 Å². The molecule has 0 saturated heterocycles. The van der Waals surface area contributed by atoms with Gasteiger partial charge < -0.3 is 20.6 Å². The molecule has 0 bridgehead atoms. The van der Waals surface area contributed by atoms with Crippen LogP contribution >= 0.6 is 0 Å². The third kappa shape index (κ3) is 5.69. The van der Waals surface area contributed by atoms with E-state index in [2.05, 4.69) is 15.5 Å². The third-order valence-corrected chi connectivity index (χ3v) is 3.50. The highest BCUT2D eigenvalue weighted by Gasteiger charge is 2.31. The zero-order valence-electron chi connectivity index (χ0n) is 11.8. The zero-order valence-corrected chi connectivity index (χ0v) is 11.8. The SMILES string of the molecule is CC(CCN(C)C)NC(=O)NCC1(O)CCCC1. The van der Waals surface area contributed by atoms with Crippen molar-refractivity contribution in [1.29, 1.82) is 0 Å². The minimum absolute atomic E-state index is 0.144. The van der Waals surface area contributed by atoms with E-state index in [0.29, 0.717) is 6.54 Å². The summed E-state index contributed by atoms with van der Waals surface area (Å²) in [6.45, 7) is 3.30. The Bertz CT molecular complexity index is 263. The second-order valence-corrected chi connectivity index (χ2v) is 5.75. The topological polar surface area (TPSA) is 64.6 Å². The van der Waals surface area contributed by atoms with E-state index >= 15 is 0 Å². The standard InChI is InChI=1S/C13H27N3O2/c1-11(6-9-16(2)3)15-12(17)14-10-13(18)7-4-5-8-13/h11,18H,4-10H2,1-3H3,(H2,14,15,17). The molecule has 18 heavy (non-hydrogen) atoms. The van der Waals surface area contributed by atoms with Gasteiger partial charge >= 0.3 is 6.03 Å². The fourth-order valence-electron chi connectivity index (χ4n) is 2.25. The number of hydrogen-bond acceptors (Lipinski definition) is 3. The molecule has 0 aliphatic heterocycles. The summed E-state index contributed by atoms with van der Waals surface area (Å²) in [5, 5.41) is 15.8. The van der Waals surface area contributed by atoms with Crippen LogP contribution in [-0.4, -0.2) is 54.9 Å². The van der Waals surface area contributed by atoms with Crippen LogP contribution in [-0.2, 0) is 0 Å². The zero-order chi connectivity index (χ0) is 13.6. The first-order valence-corrected chi connectivity index (χ1v) is 6.83. The smallest absolute Gasteiger partial charge is 0.315 e. The molecule has 106 valence electrons. The summed E-state index contributed by atoms with van der Waals surface area (Å²) < 4.78 is 0. The highest BCUT2D eigenvalue weighted by Crippen LogP contribution is 2.28. The van der Waals surface area contributed by atoms with E-state index in [1.165, 1.54) is 0 Å². The van der Waals surface area contributed by atoms with Crippen molar-refractivity contribution in [3.05, 3.63) is 0 Å². The second-order valence-electron chi connectivity index (χ2n) is 5.75. The number of carbonyl (C=O) groups is 1. The molecule has 0 aromatic heterocycles. The highest BCUT2D eigenvalue weighted by atomic mass is 16.3. The number of nitrogens with zero attached hydrogens (tertiary/aromatic N) is 1. The molecule has 1 aliphatic rings. The molecule has 0 heterocycles. The monoisotopic (exact) mass is 257 g/mol.